The minimum absolute atomic E-state index is 0.00406. The molecule has 204 valence electrons. The van der Waals surface area contributed by atoms with Gasteiger partial charge in [-0.3, -0.25) is 0 Å². The van der Waals surface area contributed by atoms with Crippen LogP contribution in [0.4, 0.5) is 34.1 Å². The molecule has 0 radical (unpaired) electrons. The second-order valence-corrected chi connectivity index (χ2v) is 12.2. The van der Waals surface area contributed by atoms with Crippen LogP contribution < -0.4 is 15.1 Å². The maximum Gasteiger partial charge on any atom is 0.130 e. The molecular formula is C37H28BrN3S. The Morgan fingerprint density at radius 2 is 1.19 bits per heavy atom. The molecule has 0 fully saturated rings. The molecule has 0 saturated carbocycles. The zero-order valence-electron chi connectivity index (χ0n) is 22.8. The van der Waals surface area contributed by atoms with Crippen LogP contribution in [0.3, 0.4) is 0 Å². The standard InChI is InChI=1S/C37H28BrN3S/c38-28-23-32(41-36-22-11-10-21-35(36)39-37(41)27-13-4-1-5-14-27)26-34(24-28)42-33-20-12-19-31(25-33)40(29-15-6-2-7-16-29)30-17-8-3-9-18-30/h1-26,37,39H. The molecule has 0 spiro atoms. The molecule has 0 aromatic heterocycles. The number of halogens is 1. The van der Waals surface area contributed by atoms with Gasteiger partial charge >= 0.3 is 0 Å². The van der Waals surface area contributed by atoms with Crippen LogP contribution in [0.1, 0.15) is 11.7 Å². The van der Waals surface area contributed by atoms with E-state index < -0.39 is 0 Å². The van der Waals surface area contributed by atoms with E-state index in [1.54, 1.807) is 11.8 Å². The predicted octanol–water partition coefficient (Wildman–Crippen LogP) is 11.3. The summed E-state index contributed by atoms with van der Waals surface area (Å²) in [4.78, 5) is 7.03. The van der Waals surface area contributed by atoms with Gasteiger partial charge in [-0.25, -0.2) is 0 Å². The van der Waals surface area contributed by atoms with Crippen molar-refractivity contribution in [3.8, 4) is 0 Å². The third-order valence-electron chi connectivity index (χ3n) is 7.30. The van der Waals surface area contributed by atoms with E-state index in [1.807, 2.05) is 0 Å². The molecule has 5 heteroatoms. The number of anilines is 6. The normalized spacial score (nSPS) is 13.8. The third kappa shape index (κ3) is 5.41. The summed E-state index contributed by atoms with van der Waals surface area (Å²) in [5, 5.41) is 3.74. The molecule has 7 rings (SSSR count). The van der Waals surface area contributed by atoms with Crippen LogP contribution in [0.5, 0.6) is 0 Å². The highest BCUT2D eigenvalue weighted by Crippen LogP contribution is 2.47. The van der Waals surface area contributed by atoms with Gasteiger partial charge in [-0.15, -0.1) is 0 Å². The molecule has 0 saturated heterocycles. The topological polar surface area (TPSA) is 18.5 Å². The van der Waals surface area contributed by atoms with Crippen molar-refractivity contribution in [1.82, 2.24) is 0 Å². The first-order valence-corrected chi connectivity index (χ1v) is 15.5. The molecule has 1 heterocycles. The monoisotopic (exact) mass is 625 g/mol. The van der Waals surface area contributed by atoms with E-state index in [0.717, 1.165) is 32.9 Å². The Balaban J connectivity index is 1.24. The van der Waals surface area contributed by atoms with Gasteiger partial charge in [-0.2, -0.15) is 0 Å². The predicted molar refractivity (Wildman–Crippen MR) is 181 cm³/mol. The number of nitrogens with one attached hydrogen (secondary N) is 1. The summed E-state index contributed by atoms with van der Waals surface area (Å²) in [6.45, 7) is 0. The highest BCUT2D eigenvalue weighted by Gasteiger charge is 2.31. The first-order valence-electron chi connectivity index (χ1n) is 13.9. The Morgan fingerprint density at radius 1 is 0.571 bits per heavy atom. The zero-order valence-corrected chi connectivity index (χ0v) is 25.2. The number of rotatable bonds is 7. The lowest BCUT2D eigenvalue weighted by atomic mass is 10.1. The summed E-state index contributed by atoms with van der Waals surface area (Å²) in [5.41, 5.74) is 8.03. The number of para-hydroxylation sites is 4. The van der Waals surface area contributed by atoms with Crippen molar-refractivity contribution >= 4 is 61.8 Å². The Bertz CT molecular complexity index is 1770. The van der Waals surface area contributed by atoms with Crippen LogP contribution >= 0.6 is 27.7 Å². The van der Waals surface area contributed by atoms with E-state index >= 15 is 0 Å². The molecule has 1 atom stereocenters. The van der Waals surface area contributed by atoms with Crippen LogP contribution in [0, 0.1) is 0 Å². The van der Waals surface area contributed by atoms with E-state index in [4.69, 9.17) is 0 Å². The quantitative estimate of drug-likeness (QED) is 0.190. The van der Waals surface area contributed by atoms with E-state index in [0.29, 0.717) is 0 Å². The summed E-state index contributed by atoms with van der Waals surface area (Å²) in [7, 11) is 0. The van der Waals surface area contributed by atoms with Crippen molar-refractivity contribution in [2.75, 3.05) is 15.1 Å². The van der Waals surface area contributed by atoms with Crippen LogP contribution in [-0.4, -0.2) is 0 Å². The SMILES string of the molecule is Brc1cc(Sc2cccc(N(c3ccccc3)c3ccccc3)c2)cc(N2c3ccccc3NC2c2ccccc2)c1. The van der Waals surface area contributed by atoms with Gasteiger partial charge in [-0.05, 0) is 78.4 Å². The molecule has 6 aromatic rings. The zero-order chi connectivity index (χ0) is 28.3. The van der Waals surface area contributed by atoms with E-state index in [9.17, 15) is 0 Å². The molecule has 3 nitrogen and oxygen atoms in total. The number of benzene rings is 6. The highest BCUT2D eigenvalue weighted by molar-refractivity contribution is 9.10. The van der Waals surface area contributed by atoms with Gasteiger partial charge in [-0.1, -0.05) is 113 Å². The maximum absolute atomic E-state index is 3.82. The van der Waals surface area contributed by atoms with Gasteiger partial charge in [0.15, 0.2) is 0 Å². The molecule has 0 aliphatic carbocycles. The largest absolute Gasteiger partial charge is 0.359 e. The molecule has 42 heavy (non-hydrogen) atoms. The summed E-state index contributed by atoms with van der Waals surface area (Å²) < 4.78 is 1.05. The van der Waals surface area contributed by atoms with Crippen molar-refractivity contribution in [2.45, 2.75) is 16.0 Å². The summed E-state index contributed by atoms with van der Waals surface area (Å²) >= 11 is 5.59. The van der Waals surface area contributed by atoms with Crippen LogP contribution in [0.25, 0.3) is 0 Å². The maximum atomic E-state index is 3.82. The average Bonchev–Trinajstić information content (AvgIpc) is 3.43. The second-order valence-electron chi connectivity index (χ2n) is 10.1. The minimum atomic E-state index is 0.00406. The second kappa shape index (κ2) is 11.8. The number of hydrogen-bond donors (Lipinski definition) is 1. The fourth-order valence-electron chi connectivity index (χ4n) is 5.48. The molecule has 1 N–H and O–H groups in total. The Hall–Kier alpha value is -4.45. The molecule has 1 aliphatic rings. The average molecular weight is 627 g/mol. The number of fused-ring (bicyclic) bond motifs is 1. The number of hydrogen-bond acceptors (Lipinski definition) is 4. The Labute approximate surface area is 259 Å². The van der Waals surface area contributed by atoms with Gasteiger partial charge < -0.3 is 15.1 Å². The van der Waals surface area contributed by atoms with E-state index in [1.165, 1.54) is 21.0 Å². The first-order chi connectivity index (χ1) is 20.7. The minimum Gasteiger partial charge on any atom is -0.359 e. The van der Waals surface area contributed by atoms with Crippen molar-refractivity contribution in [2.24, 2.45) is 0 Å². The molecule has 0 amide bonds. The van der Waals surface area contributed by atoms with Gasteiger partial charge in [0.2, 0.25) is 0 Å². The van der Waals surface area contributed by atoms with Gasteiger partial charge in [0, 0.05) is 37.0 Å². The third-order valence-corrected chi connectivity index (χ3v) is 8.72. The van der Waals surface area contributed by atoms with Crippen molar-refractivity contribution in [3.63, 3.8) is 0 Å². The van der Waals surface area contributed by atoms with Crippen molar-refractivity contribution < 1.29 is 0 Å². The lowest BCUT2D eigenvalue weighted by Gasteiger charge is -2.28. The van der Waals surface area contributed by atoms with Crippen molar-refractivity contribution in [1.29, 1.82) is 0 Å². The molecular weight excluding hydrogens is 598 g/mol. The summed E-state index contributed by atoms with van der Waals surface area (Å²) in [5.74, 6) is 0. The Morgan fingerprint density at radius 3 is 1.90 bits per heavy atom. The fourth-order valence-corrected chi connectivity index (χ4v) is 7.08. The van der Waals surface area contributed by atoms with E-state index in [2.05, 4.69) is 189 Å². The van der Waals surface area contributed by atoms with Crippen LogP contribution in [0.15, 0.2) is 172 Å². The van der Waals surface area contributed by atoms with Gasteiger partial charge in [0.1, 0.15) is 6.17 Å². The first kappa shape index (κ1) is 26.4. The van der Waals surface area contributed by atoms with Crippen molar-refractivity contribution in [3.05, 3.63) is 168 Å². The smallest absolute Gasteiger partial charge is 0.130 e. The number of nitrogens with zero attached hydrogens (tertiary/aromatic N) is 2. The van der Waals surface area contributed by atoms with Crippen LogP contribution in [-0.2, 0) is 0 Å². The summed E-state index contributed by atoms with van der Waals surface area (Å²) in [6, 6.07) is 55.6. The van der Waals surface area contributed by atoms with Gasteiger partial charge in [0.25, 0.3) is 0 Å². The fraction of sp³-hybridized carbons (Fsp3) is 0.0270. The molecule has 1 aliphatic heterocycles. The van der Waals surface area contributed by atoms with E-state index in [-0.39, 0.29) is 6.17 Å². The molecule has 1 unspecified atom stereocenters. The lowest BCUT2D eigenvalue weighted by molar-refractivity contribution is 0.827. The van der Waals surface area contributed by atoms with Gasteiger partial charge in [0.05, 0.1) is 11.4 Å². The molecule has 6 aromatic carbocycles. The lowest BCUT2D eigenvalue weighted by Crippen LogP contribution is -2.23. The molecule has 0 bridgehead atoms. The Kier molecular flexibility index (Phi) is 7.43. The summed E-state index contributed by atoms with van der Waals surface area (Å²) in [6.07, 6.45) is 0.00406. The van der Waals surface area contributed by atoms with Crippen LogP contribution in [0.2, 0.25) is 0 Å². The highest BCUT2D eigenvalue weighted by atomic mass is 79.9.